The third-order valence-electron chi connectivity index (χ3n) is 5.41. The van der Waals surface area contributed by atoms with E-state index >= 15 is 0 Å². The van der Waals surface area contributed by atoms with Gasteiger partial charge in [-0.25, -0.2) is 0 Å². The van der Waals surface area contributed by atoms with Gasteiger partial charge in [-0.15, -0.1) is 0 Å². The van der Waals surface area contributed by atoms with Crippen molar-refractivity contribution in [3.05, 3.63) is 58.6 Å². The van der Waals surface area contributed by atoms with Crippen molar-refractivity contribution >= 4 is 23.2 Å². The minimum absolute atomic E-state index is 0.103. The van der Waals surface area contributed by atoms with Crippen molar-refractivity contribution in [3.63, 3.8) is 0 Å². The van der Waals surface area contributed by atoms with Crippen molar-refractivity contribution in [2.45, 2.75) is 50.9 Å². The van der Waals surface area contributed by atoms with Crippen molar-refractivity contribution in [2.24, 2.45) is 0 Å². The third-order valence-corrected chi connectivity index (χ3v) is 5.74. The number of rotatable bonds is 7. The molecule has 0 aromatic heterocycles. The number of benzene rings is 2. The van der Waals surface area contributed by atoms with Crippen LogP contribution in [0.15, 0.2) is 42.5 Å². The van der Waals surface area contributed by atoms with Crippen LogP contribution in [0.5, 0.6) is 5.75 Å². The summed E-state index contributed by atoms with van der Waals surface area (Å²) in [7, 11) is 0. The summed E-state index contributed by atoms with van der Waals surface area (Å²) in [6, 6.07) is 14.9. The molecule has 28 heavy (non-hydrogen) atoms. The number of nitrogens with one attached hydrogen (secondary N) is 1. The maximum Gasteiger partial charge on any atom is 0.235 e. The lowest BCUT2D eigenvalue weighted by Gasteiger charge is -2.29. The molecule has 2 aromatic carbocycles. The van der Waals surface area contributed by atoms with Gasteiger partial charge in [-0.1, -0.05) is 56.0 Å². The first kappa shape index (κ1) is 20.2. The molecule has 0 saturated heterocycles. The van der Waals surface area contributed by atoms with Gasteiger partial charge in [-0.05, 0) is 49.1 Å². The average Bonchev–Trinajstić information content (AvgIpc) is 3.20. The summed E-state index contributed by atoms with van der Waals surface area (Å²) < 4.78 is 5.67. The van der Waals surface area contributed by atoms with Gasteiger partial charge < -0.3 is 10.1 Å². The van der Waals surface area contributed by atoms with Crippen LogP contribution in [0.4, 0.5) is 5.69 Å². The van der Waals surface area contributed by atoms with Crippen LogP contribution in [0.1, 0.15) is 56.6 Å². The maximum absolute atomic E-state index is 13.3. The fourth-order valence-electron chi connectivity index (χ4n) is 3.84. The molecule has 0 atom stereocenters. The van der Waals surface area contributed by atoms with Crippen LogP contribution in [0.2, 0.25) is 5.02 Å². The van der Waals surface area contributed by atoms with Crippen LogP contribution in [0.3, 0.4) is 0 Å². The normalized spacial score (nSPS) is 15.0. The van der Waals surface area contributed by atoms with E-state index in [0.717, 1.165) is 44.1 Å². The van der Waals surface area contributed by atoms with E-state index in [1.165, 1.54) is 0 Å². The van der Waals surface area contributed by atoms with E-state index in [2.05, 4.69) is 18.3 Å². The number of halogens is 1. The molecule has 0 heterocycles. The SMILES string of the molecule is CCCCOc1ccc(NC(=O)C2(c3ccccc3Cl)CCCC2)c(C#N)c1. The Labute approximate surface area is 171 Å². The maximum atomic E-state index is 13.3. The Morgan fingerprint density at radius 2 is 2.00 bits per heavy atom. The smallest absolute Gasteiger partial charge is 0.235 e. The molecule has 0 spiro atoms. The van der Waals surface area contributed by atoms with E-state index in [-0.39, 0.29) is 5.91 Å². The zero-order valence-corrected chi connectivity index (χ0v) is 16.9. The zero-order valence-electron chi connectivity index (χ0n) is 16.1. The first-order valence-electron chi connectivity index (χ1n) is 9.84. The largest absolute Gasteiger partial charge is 0.494 e. The topological polar surface area (TPSA) is 62.1 Å². The summed E-state index contributed by atoms with van der Waals surface area (Å²) in [5.74, 6) is 0.541. The molecule has 1 aliphatic carbocycles. The van der Waals surface area contributed by atoms with Gasteiger partial charge in [-0.3, -0.25) is 4.79 Å². The molecule has 3 rings (SSSR count). The lowest BCUT2D eigenvalue weighted by Crippen LogP contribution is -2.38. The second-order valence-corrected chi connectivity index (χ2v) is 7.65. The van der Waals surface area contributed by atoms with E-state index in [9.17, 15) is 10.1 Å². The monoisotopic (exact) mass is 396 g/mol. The Balaban J connectivity index is 1.85. The highest BCUT2D eigenvalue weighted by Crippen LogP contribution is 2.44. The van der Waals surface area contributed by atoms with Gasteiger partial charge >= 0.3 is 0 Å². The molecule has 1 aliphatic rings. The van der Waals surface area contributed by atoms with Crippen LogP contribution in [-0.4, -0.2) is 12.5 Å². The number of nitriles is 1. The van der Waals surface area contributed by atoms with Gasteiger partial charge in [0.25, 0.3) is 0 Å². The van der Waals surface area contributed by atoms with Crippen LogP contribution < -0.4 is 10.1 Å². The third kappa shape index (κ3) is 4.15. The summed E-state index contributed by atoms with van der Waals surface area (Å²) in [5, 5.41) is 13.1. The lowest BCUT2D eigenvalue weighted by molar-refractivity contribution is -0.121. The molecule has 2 aromatic rings. The number of hydrogen-bond acceptors (Lipinski definition) is 3. The second-order valence-electron chi connectivity index (χ2n) is 7.24. The summed E-state index contributed by atoms with van der Waals surface area (Å²) >= 11 is 6.43. The van der Waals surface area contributed by atoms with Crippen LogP contribution >= 0.6 is 11.6 Å². The number of hydrogen-bond donors (Lipinski definition) is 1. The predicted octanol–water partition coefficient (Wildman–Crippen LogP) is 5.84. The molecule has 1 saturated carbocycles. The quantitative estimate of drug-likeness (QED) is 0.598. The Hall–Kier alpha value is -2.51. The van der Waals surface area contributed by atoms with E-state index < -0.39 is 5.41 Å². The van der Waals surface area contributed by atoms with Crippen molar-refractivity contribution in [3.8, 4) is 11.8 Å². The Bertz CT molecular complexity index is 882. The number of amides is 1. The molecule has 5 heteroatoms. The van der Waals surface area contributed by atoms with E-state index in [0.29, 0.717) is 28.6 Å². The standard InChI is InChI=1S/C23H25ClN2O2/c1-2-3-14-28-18-10-11-21(17(15-18)16-25)26-22(27)23(12-6-7-13-23)19-8-4-5-9-20(19)24/h4-5,8-11,15H,2-3,6-7,12-14H2,1H3,(H,26,27). The molecular weight excluding hydrogens is 372 g/mol. The van der Waals surface area contributed by atoms with Crippen LogP contribution in [-0.2, 0) is 10.2 Å². The van der Waals surface area contributed by atoms with E-state index in [1.807, 2.05) is 24.3 Å². The van der Waals surface area contributed by atoms with Crippen molar-refractivity contribution in [1.29, 1.82) is 5.26 Å². The van der Waals surface area contributed by atoms with E-state index in [4.69, 9.17) is 16.3 Å². The number of carbonyl (C=O) groups excluding carboxylic acids is 1. The summed E-state index contributed by atoms with van der Waals surface area (Å²) in [4.78, 5) is 13.3. The molecule has 4 nitrogen and oxygen atoms in total. The van der Waals surface area contributed by atoms with Gasteiger partial charge in [0, 0.05) is 5.02 Å². The minimum Gasteiger partial charge on any atom is -0.494 e. The van der Waals surface area contributed by atoms with Gasteiger partial charge in [0.05, 0.1) is 23.3 Å². The first-order valence-corrected chi connectivity index (χ1v) is 10.2. The van der Waals surface area contributed by atoms with E-state index in [1.54, 1.807) is 18.2 Å². The zero-order chi connectivity index (χ0) is 20.0. The van der Waals surface area contributed by atoms with Gasteiger partial charge in [-0.2, -0.15) is 5.26 Å². The highest BCUT2D eigenvalue weighted by atomic mass is 35.5. The Morgan fingerprint density at radius 1 is 1.25 bits per heavy atom. The van der Waals surface area contributed by atoms with Crippen molar-refractivity contribution in [2.75, 3.05) is 11.9 Å². The van der Waals surface area contributed by atoms with Crippen molar-refractivity contribution < 1.29 is 9.53 Å². The van der Waals surface area contributed by atoms with Crippen LogP contribution in [0.25, 0.3) is 0 Å². The summed E-state index contributed by atoms with van der Waals surface area (Å²) in [6.07, 6.45) is 5.47. The molecule has 1 amide bonds. The summed E-state index contributed by atoms with van der Waals surface area (Å²) in [5.41, 5.74) is 1.12. The molecule has 0 radical (unpaired) electrons. The number of nitrogens with zero attached hydrogens (tertiary/aromatic N) is 1. The second kappa shape index (κ2) is 9.12. The fraction of sp³-hybridized carbons (Fsp3) is 0.391. The number of unbranched alkanes of at least 4 members (excludes halogenated alkanes) is 1. The molecule has 1 N–H and O–H groups in total. The fourth-order valence-corrected chi connectivity index (χ4v) is 4.15. The van der Waals surface area contributed by atoms with Gasteiger partial charge in [0.15, 0.2) is 0 Å². The lowest BCUT2D eigenvalue weighted by atomic mass is 9.78. The van der Waals surface area contributed by atoms with Crippen LogP contribution in [0, 0.1) is 11.3 Å². The Kier molecular flexibility index (Phi) is 6.59. The molecule has 146 valence electrons. The molecule has 0 bridgehead atoms. The van der Waals surface area contributed by atoms with Crippen molar-refractivity contribution in [1.82, 2.24) is 0 Å². The average molecular weight is 397 g/mol. The Morgan fingerprint density at radius 3 is 2.68 bits per heavy atom. The molecule has 0 aliphatic heterocycles. The highest BCUT2D eigenvalue weighted by molar-refractivity contribution is 6.32. The number of carbonyl (C=O) groups is 1. The minimum atomic E-state index is -0.651. The molecule has 0 unspecified atom stereocenters. The first-order chi connectivity index (χ1) is 13.6. The number of anilines is 1. The van der Waals surface area contributed by atoms with Gasteiger partial charge in [0.1, 0.15) is 11.8 Å². The molecular formula is C23H25ClN2O2. The van der Waals surface area contributed by atoms with Gasteiger partial charge in [0.2, 0.25) is 5.91 Å². The predicted molar refractivity (Wildman–Crippen MR) is 112 cm³/mol. The summed E-state index contributed by atoms with van der Waals surface area (Å²) in [6.45, 7) is 2.71. The number of ether oxygens (including phenoxy) is 1. The molecule has 1 fully saturated rings. The highest BCUT2D eigenvalue weighted by Gasteiger charge is 2.44.